The van der Waals surface area contributed by atoms with E-state index in [2.05, 4.69) is 25.8 Å². The van der Waals surface area contributed by atoms with Crippen molar-refractivity contribution in [3.8, 4) is 0 Å². The number of nitrogens with one attached hydrogen (secondary N) is 2. The number of nitrogens with zero attached hydrogens (tertiary/aromatic N) is 3. The van der Waals surface area contributed by atoms with Crippen molar-refractivity contribution in [2.24, 2.45) is 0 Å². The number of aromatic nitrogens is 3. The molecule has 0 radical (unpaired) electrons. The molecule has 24 heavy (non-hydrogen) atoms. The van der Waals surface area contributed by atoms with E-state index in [1.165, 1.54) is 6.07 Å². The average molecular weight is 344 g/mol. The molecule has 0 spiro atoms. The van der Waals surface area contributed by atoms with Crippen LogP contribution in [0.2, 0.25) is 5.02 Å². The van der Waals surface area contributed by atoms with Crippen LogP contribution in [0, 0.1) is 13.8 Å². The number of hydrogen-bond acceptors (Lipinski definition) is 6. The van der Waals surface area contributed by atoms with E-state index >= 15 is 0 Å². The van der Waals surface area contributed by atoms with Crippen molar-refractivity contribution < 1.29 is 9.32 Å². The van der Waals surface area contributed by atoms with Gasteiger partial charge in [0.15, 0.2) is 5.82 Å². The van der Waals surface area contributed by atoms with Gasteiger partial charge in [0, 0.05) is 22.8 Å². The van der Waals surface area contributed by atoms with Crippen molar-refractivity contribution in [2.75, 3.05) is 10.6 Å². The van der Waals surface area contributed by atoms with Crippen LogP contribution in [0.3, 0.4) is 0 Å². The van der Waals surface area contributed by atoms with Crippen LogP contribution in [0.4, 0.5) is 17.3 Å². The van der Waals surface area contributed by atoms with Gasteiger partial charge in [0.2, 0.25) is 0 Å². The monoisotopic (exact) mass is 343 g/mol. The highest BCUT2D eigenvalue weighted by Gasteiger charge is 2.12. The molecule has 8 heteroatoms. The third kappa shape index (κ3) is 3.88. The van der Waals surface area contributed by atoms with E-state index in [9.17, 15) is 4.79 Å². The van der Waals surface area contributed by atoms with Crippen molar-refractivity contribution in [2.45, 2.75) is 13.8 Å². The Labute approximate surface area is 143 Å². The molecule has 0 saturated heterocycles. The number of rotatable bonds is 4. The van der Waals surface area contributed by atoms with E-state index in [0.29, 0.717) is 33.9 Å². The minimum absolute atomic E-state index is 0.227. The Morgan fingerprint density at radius 3 is 2.67 bits per heavy atom. The minimum atomic E-state index is -0.359. The number of carbonyl (C=O) groups is 1. The first kappa shape index (κ1) is 15.9. The van der Waals surface area contributed by atoms with Crippen molar-refractivity contribution >= 4 is 34.8 Å². The van der Waals surface area contributed by atoms with Gasteiger partial charge >= 0.3 is 0 Å². The minimum Gasteiger partial charge on any atom is -0.360 e. The summed E-state index contributed by atoms with van der Waals surface area (Å²) in [7, 11) is 0. The summed E-state index contributed by atoms with van der Waals surface area (Å²) >= 11 is 5.91. The number of anilines is 3. The normalized spacial score (nSPS) is 10.5. The summed E-state index contributed by atoms with van der Waals surface area (Å²) in [6.07, 6.45) is 0. The van der Waals surface area contributed by atoms with Crippen LogP contribution >= 0.6 is 11.6 Å². The molecule has 0 fully saturated rings. The van der Waals surface area contributed by atoms with Crippen LogP contribution in [0.15, 0.2) is 40.9 Å². The predicted molar refractivity (Wildman–Crippen MR) is 90.7 cm³/mol. The summed E-state index contributed by atoms with van der Waals surface area (Å²) in [5, 5.41) is 10.1. The summed E-state index contributed by atoms with van der Waals surface area (Å²) < 4.78 is 4.99. The van der Waals surface area contributed by atoms with Crippen molar-refractivity contribution in [1.29, 1.82) is 0 Å². The van der Waals surface area contributed by atoms with Gasteiger partial charge in [-0.25, -0.2) is 9.97 Å². The Morgan fingerprint density at radius 2 is 1.96 bits per heavy atom. The van der Waals surface area contributed by atoms with E-state index in [4.69, 9.17) is 16.1 Å². The number of benzene rings is 1. The highest BCUT2D eigenvalue weighted by molar-refractivity contribution is 6.30. The lowest BCUT2D eigenvalue weighted by Crippen LogP contribution is -2.15. The molecule has 0 aliphatic carbocycles. The van der Waals surface area contributed by atoms with Gasteiger partial charge < -0.3 is 15.2 Å². The molecule has 0 saturated carbocycles. The van der Waals surface area contributed by atoms with Gasteiger partial charge in [-0.05, 0) is 32.0 Å². The highest BCUT2D eigenvalue weighted by atomic mass is 35.5. The van der Waals surface area contributed by atoms with Gasteiger partial charge in [-0.15, -0.1) is 0 Å². The first-order valence-corrected chi connectivity index (χ1v) is 7.50. The van der Waals surface area contributed by atoms with Gasteiger partial charge in [0.25, 0.3) is 5.91 Å². The summed E-state index contributed by atoms with van der Waals surface area (Å²) in [5.41, 5.74) is 0.815. The second-order valence-corrected chi connectivity index (χ2v) is 5.53. The van der Waals surface area contributed by atoms with Crippen molar-refractivity contribution in [3.05, 3.63) is 58.7 Å². The maximum atomic E-state index is 12.4. The molecule has 7 nitrogen and oxygen atoms in total. The zero-order valence-corrected chi connectivity index (χ0v) is 13.8. The lowest BCUT2D eigenvalue weighted by Gasteiger charge is -2.08. The average Bonchev–Trinajstić information content (AvgIpc) is 2.91. The Hall–Kier alpha value is -2.93. The van der Waals surface area contributed by atoms with E-state index in [-0.39, 0.29) is 11.6 Å². The third-order valence-electron chi connectivity index (χ3n) is 3.04. The van der Waals surface area contributed by atoms with E-state index in [1.54, 1.807) is 44.2 Å². The Kier molecular flexibility index (Phi) is 4.43. The van der Waals surface area contributed by atoms with Gasteiger partial charge in [0.1, 0.15) is 23.1 Å². The lowest BCUT2D eigenvalue weighted by atomic mass is 10.3. The fraction of sp³-hybridized carbons (Fsp3) is 0.125. The van der Waals surface area contributed by atoms with Crippen LogP contribution < -0.4 is 10.6 Å². The maximum absolute atomic E-state index is 12.4. The van der Waals surface area contributed by atoms with E-state index in [0.717, 1.165) is 0 Å². The highest BCUT2D eigenvalue weighted by Crippen LogP contribution is 2.18. The number of hydrogen-bond donors (Lipinski definition) is 2. The summed E-state index contributed by atoms with van der Waals surface area (Å²) in [5.74, 6) is 1.72. The molecule has 1 amide bonds. The molecule has 0 atom stereocenters. The van der Waals surface area contributed by atoms with Crippen molar-refractivity contribution in [3.63, 3.8) is 0 Å². The molecule has 122 valence electrons. The summed E-state index contributed by atoms with van der Waals surface area (Å²) in [6.45, 7) is 3.49. The van der Waals surface area contributed by atoms with Gasteiger partial charge in [-0.2, -0.15) is 0 Å². The fourth-order valence-corrected chi connectivity index (χ4v) is 2.26. The quantitative estimate of drug-likeness (QED) is 0.749. The molecule has 0 bridgehead atoms. The van der Waals surface area contributed by atoms with Gasteiger partial charge in [-0.3, -0.25) is 4.79 Å². The summed E-state index contributed by atoms with van der Waals surface area (Å²) in [4.78, 5) is 20.8. The standard InChI is InChI=1S/C16H14ClN5O2/c1-9-6-15(22-24-9)21-14-8-13(18-10(2)19-14)16(23)20-12-5-3-4-11(17)7-12/h3-8H,1-2H3,(H,20,23)(H,18,19,21,22). The molecule has 3 aromatic rings. The van der Waals surface area contributed by atoms with Gasteiger partial charge in [-0.1, -0.05) is 22.8 Å². The largest absolute Gasteiger partial charge is 0.360 e. The fourth-order valence-electron chi connectivity index (χ4n) is 2.07. The van der Waals surface area contributed by atoms with E-state index < -0.39 is 0 Å². The van der Waals surface area contributed by atoms with Crippen LogP contribution in [-0.2, 0) is 0 Å². The first-order chi connectivity index (χ1) is 11.5. The number of aryl methyl sites for hydroxylation is 2. The molecule has 0 aliphatic heterocycles. The Bertz CT molecular complexity index is 894. The van der Waals surface area contributed by atoms with Gasteiger partial charge in [0.05, 0.1) is 0 Å². The Balaban J connectivity index is 1.81. The topological polar surface area (TPSA) is 92.9 Å². The zero-order valence-electron chi connectivity index (χ0n) is 13.0. The summed E-state index contributed by atoms with van der Waals surface area (Å²) in [6, 6.07) is 10.1. The molecule has 2 aromatic heterocycles. The molecule has 1 aromatic carbocycles. The predicted octanol–water partition coefficient (Wildman–Crippen LogP) is 3.73. The Morgan fingerprint density at radius 1 is 1.12 bits per heavy atom. The smallest absolute Gasteiger partial charge is 0.274 e. The van der Waals surface area contributed by atoms with Crippen LogP contribution in [0.5, 0.6) is 0 Å². The third-order valence-corrected chi connectivity index (χ3v) is 3.27. The molecular formula is C16H14ClN5O2. The SMILES string of the molecule is Cc1nc(Nc2cc(C)on2)cc(C(=O)Nc2cccc(Cl)c2)n1. The zero-order chi connectivity index (χ0) is 17.1. The number of halogens is 1. The molecule has 3 rings (SSSR count). The molecule has 2 N–H and O–H groups in total. The van der Waals surface area contributed by atoms with Crippen molar-refractivity contribution in [1.82, 2.24) is 15.1 Å². The maximum Gasteiger partial charge on any atom is 0.274 e. The molecular weight excluding hydrogens is 330 g/mol. The number of carbonyl (C=O) groups excluding carboxylic acids is 1. The lowest BCUT2D eigenvalue weighted by molar-refractivity contribution is 0.102. The molecule has 0 unspecified atom stereocenters. The van der Waals surface area contributed by atoms with Crippen LogP contribution in [-0.4, -0.2) is 21.0 Å². The number of amides is 1. The van der Waals surface area contributed by atoms with Crippen LogP contribution in [0.25, 0.3) is 0 Å². The second kappa shape index (κ2) is 6.67. The van der Waals surface area contributed by atoms with E-state index in [1.807, 2.05) is 0 Å². The first-order valence-electron chi connectivity index (χ1n) is 7.12. The van der Waals surface area contributed by atoms with Crippen LogP contribution in [0.1, 0.15) is 22.1 Å². The molecule has 0 aliphatic rings. The second-order valence-electron chi connectivity index (χ2n) is 5.10. The molecule has 2 heterocycles.